The van der Waals surface area contributed by atoms with Gasteiger partial charge in [-0.05, 0) is 54.8 Å². The summed E-state index contributed by atoms with van der Waals surface area (Å²) in [6, 6.07) is 15.9. The summed E-state index contributed by atoms with van der Waals surface area (Å²) in [6.45, 7) is 1.62. The molecule has 0 saturated heterocycles. The van der Waals surface area contributed by atoms with Crippen molar-refractivity contribution in [2.24, 2.45) is 0 Å². The Kier molecular flexibility index (Phi) is 10.7. The van der Waals surface area contributed by atoms with Crippen LogP contribution in [0.25, 0.3) is 0 Å². The van der Waals surface area contributed by atoms with Gasteiger partial charge in [0.25, 0.3) is 0 Å². The molecule has 3 N–H and O–H groups in total. The van der Waals surface area contributed by atoms with Gasteiger partial charge < -0.3 is 28.8 Å². The molecule has 0 aliphatic rings. The van der Waals surface area contributed by atoms with Crippen molar-refractivity contribution in [3.8, 4) is 17.2 Å². The van der Waals surface area contributed by atoms with Crippen LogP contribution in [0, 0.1) is 0 Å². The average molecular weight is 573 g/mol. The maximum Gasteiger partial charge on any atom is 0.411 e. The van der Waals surface area contributed by atoms with Crippen LogP contribution < -0.4 is 24.3 Å². The van der Waals surface area contributed by atoms with E-state index >= 15 is 0 Å². The van der Waals surface area contributed by atoms with Gasteiger partial charge in [-0.3, -0.25) is 10.1 Å². The normalized spacial score (nSPS) is 10.9. The minimum absolute atomic E-state index is 0.0665. The lowest BCUT2D eigenvalue weighted by molar-refractivity contribution is -0.120. The summed E-state index contributed by atoms with van der Waals surface area (Å²) in [5, 5.41) is 15.5. The van der Waals surface area contributed by atoms with Gasteiger partial charge in [0.15, 0.2) is 11.5 Å². The molecule has 0 fully saturated rings. The van der Waals surface area contributed by atoms with Gasteiger partial charge in [-0.2, -0.15) is 8.42 Å². The smallest absolute Gasteiger partial charge is 0.411 e. The Morgan fingerprint density at radius 1 is 0.950 bits per heavy atom. The third-order valence-corrected chi connectivity index (χ3v) is 7.02. The number of methoxy groups -OCH3 is 2. The van der Waals surface area contributed by atoms with Crippen LogP contribution in [-0.4, -0.2) is 52.9 Å². The van der Waals surface area contributed by atoms with Crippen molar-refractivity contribution in [2.75, 3.05) is 32.7 Å². The Morgan fingerprint density at radius 2 is 1.65 bits per heavy atom. The van der Waals surface area contributed by atoms with E-state index in [2.05, 4.69) is 10.6 Å². The van der Waals surface area contributed by atoms with Gasteiger partial charge in [0.05, 0.1) is 39.5 Å². The van der Waals surface area contributed by atoms with E-state index in [9.17, 15) is 23.1 Å². The number of anilines is 1. The fraction of sp³-hybridized carbons (Fsp3) is 0.286. The number of carbonyl (C=O) groups is 2. The maximum absolute atomic E-state index is 12.8. The fourth-order valence-corrected chi connectivity index (χ4v) is 4.84. The van der Waals surface area contributed by atoms with Crippen molar-refractivity contribution >= 4 is 27.8 Å². The minimum Gasteiger partial charge on any atom is -0.495 e. The third-order valence-electron chi connectivity index (χ3n) is 5.79. The van der Waals surface area contributed by atoms with Crippen molar-refractivity contribution in [3.05, 3.63) is 77.4 Å². The molecule has 2 amide bonds. The third kappa shape index (κ3) is 7.87. The van der Waals surface area contributed by atoms with E-state index in [-0.39, 0.29) is 47.4 Å². The van der Waals surface area contributed by atoms with Gasteiger partial charge in [-0.15, -0.1) is 0 Å². The molecular formula is C28H32N2O9S. The molecule has 3 aromatic rings. The Morgan fingerprint density at radius 3 is 2.30 bits per heavy atom. The molecule has 0 aliphatic carbocycles. The first-order chi connectivity index (χ1) is 19.2. The lowest BCUT2D eigenvalue weighted by Crippen LogP contribution is -2.27. The summed E-state index contributed by atoms with van der Waals surface area (Å²) < 4.78 is 46.5. The van der Waals surface area contributed by atoms with Crippen LogP contribution in [0.3, 0.4) is 0 Å². The highest BCUT2D eigenvalue weighted by Crippen LogP contribution is 2.36. The van der Waals surface area contributed by atoms with E-state index in [1.54, 1.807) is 43.3 Å². The topological polar surface area (TPSA) is 149 Å². The number of nitrogens with one attached hydrogen (secondary N) is 2. The summed E-state index contributed by atoms with van der Waals surface area (Å²) in [4.78, 5) is 24.5. The molecule has 3 rings (SSSR count). The summed E-state index contributed by atoms with van der Waals surface area (Å²) >= 11 is 0. The largest absolute Gasteiger partial charge is 0.495 e. The molecule has 0 aliphatic heterocycles. The fourth-order valence-electron chi connectivity index (χ4n) is 3.85. The van der Waals surface area contributed by atoms with E-state index in [1.807, 2.05) is 6.07 Å². The van der Waals surface area contributed by atoms with E-state index in [1.165, 1.54) is 32.4 Å². The Balaban J connectivity index is 1.70. The number of benzene rings is 3. The summed E-state index contributed by atoms with van der Waals surface area (Å²) in [5.74, 6) is 0.0257. The molecule has 214 valence electrons. The minimum atomic E-state index is -4.22. The van der Waals surface area contributed by atoms with Crippen LogP contribution in [0.4, 0.5) is 10.5 Å². The van der Waals surface area contributed by atoms with Gasteiger partial charge in [-0.1, -0.05) is 30.3 Å². The second kappa shape index (κ2) is 14.2. The quantitative estimate of drug-likeness (QED) is 0.262. The summed E-state index contributed by atoms with van der Waals surface area (Å²) in [5.41, 5.74) is 1.77. The number of ether oxygens (including phenoxy) is 3. The van der Waals surface area contributed by atoms with Crippen LogP contribution in [0.1, 0.15) is 23.6 Å². The van der Waals surface area contributed by atoms with Crippen molar-refractivity contribution in [3.63, 3.8) is 0 Å². The molecule has 0 radical (unpaired) electrons. The number of hydrogen-bond donors (Lipinski definition) is 3. The molecule has 0 atom stereocenters. The SMILES string of the molecule is CCOC(=O)Nc1cc(CCNC(=O)Cc2ccc(OC)c(OS(=O)(=O)c3ccccc3)c2CO)ccc1OC. The predicted octanol–water partition coefficient (Wildman–Crippen LogP) is 3.43. The zero-order chi connectivity index (χ0) is 29.1. The highest BCUT2D eigenvalue weighted by atomic mass is 32.2. The summed E-state index contributed by atoms with van der Waals surface area (Å²) in [6.07, 6.45) is -0.294. The van der Waals surface area contributed by atoms with Crippen LogP contribution in [0.15, 0.2) is 65.6 Å². The Hall–Kier alpha value is -4.29. The molecule has 0 spiro atoms. The molecular weight excluding hydrogens is 540 g/mol. The number of rotatable bonds is 13. The second-order valence-electron chi connectivity index (χ2n) is 8.40. The second-order valence-corrected chi connectivity index (χ2v) is 9.95. The van der Waals surface area contributed by atoms with Crippen molar-refractivity contribution in [1.82, 2.24) is 5.32 Å². The molecule has 0 aromatic heterocycles. The Bertz CT molecular complexity index is 1430. The van der Waals surface area contributed by atoms with Crippen LogP contribution in [0.2, 0.25) is 0 Å². The number of aliphatic hydroxyl groups is 1. The lowest BCUT2D eigenvalue weighted by atomic mass is 10.0. The molecule has 12 heteroatoms. The van der Waals surface area contributed by atoms with Gasteiger partial charge in [0, 0.05) is 12.1 Å². The Labute approximate surface area is 233 Å². The molecule has 0 unspecified atom stereocenters. The number of carbonyl (C=O) groups excluding carboxylic acids is 2. The lowest BCUT2D eigenvalue weighted by Gasteiger charge is -2.17. The van der Waals surface area contributed by atoms with E-state index < -0.39 is 22.8 Å². The zero-order valence-electron chi connectivity index (χ0n) is 22.4. The van der Waals surface area contributed by atoms with Gasteiger partial charge >= 0.3 is 16.2 Å². The van der Waals surface area contributed by atoms with Crippen molar-refractivity contribution < 1.29 is 41.5 Å². The first-order valence-electron chi connectivity index (χ1n) is 12.4. The number of aliphatic hydroxyl groups excluding tert-OH is 1. The van der Waals surface area contributed by atoms with Gasteiger partial charge in [0.2, 0.25) is 5.91 Å². The molecule has 0 saturated carbocycles. The molecule has 3 aromatic carbocycles. The van der Waals surface area contributed by atoms with Crippen LogP contribution in [-0.2, 0) is 39.1 Å². The van der Waals surface area contributed by atoms with Crippen molar-refractivity contribution in [2.45, 2.75) is 31.3 Å². The molecule has 0 heterocycles. The van der Waals surface area contributed by atoms with Gasteiger partial charge in [0.1, 0.15) is 10.6 Å². The van der Waals surface area contributed by atoms with Crippen molar-refractivity contribution in [1.29, 1.82) is 0 Å². The monoisotopic (exact) mass is 572 g/mol. The predicted molar refractivity (Wildman–Crippen MR) is 147 cm³/mol. The average Bonchev–Trinajstić information content (AvgIpc) is 2.94. The van der Waals surface area contributed by atoms with E-state index in [0.717, 1.165) is 5.56 Å². The maximum atomic E-state index is 12.8. The first-order valence-corrected chi connectivity index (χ1v) is 13.8. The molecule has 0 bridgehead atoms. The number of amides is 2. The standard InChI is InChI=1S/C28H32N2O9S/c1-4-38-28(33)30-23-16-19(10-12-24(23)36-2)14-15-29-26(32)17-20-11-13-25(37-3)27(22(20)18-31)39-40(34,35)21-8-6-5-7-9-21/h5-13,16,31H,4,14-15,17-18H2,1-3H3,(H,29,32)(H,30,33). The first kappa shape index (κ1) is 30.3. The van der Waals surface area contributed by atoms with Crippen LogP contribution >= 0.6 is 0 Å². The van der Waals surface area contributed by atoms with Crippen LogP contribution in [0.5, 0.6) is 17.2 Å². The van der Waals surface area contributed by atoms with E-state index in [4.69, 9.17) is 18.4 Å². The highest BCUT2D eigenvalue weighted by molar-refractivity contribution is 7.87. The molecule has 40 heavy (non-hydrogen) atoms. The van der Waals surface area contributed by atoms with Gasteiger partial charge in [-0.25, -0.2) is 4.79 Å². The molecule has 11 nitrogen and oxygen atoms in total. The highest BCUT2D eigenvalue weighted by Gasteiger charge is 2.24. The summed E-state index contributed by atoms with van der Waals surface area (Å²) in [7, 11) is -1.39. The number of hydrogen-bond acceptors (Lipinski definition) is 9. The van der Waals surface area contributed by atoms with E-state index in [0.29, 0.717) is 23.4 Å². The zero-order valence-corrected chi connectivity index (χ0v) is 23.2.